The number of likely N-dealkylation sites (tertiary alicyclic amines) is 1. The number of aryl methyl sites for hydroxylation is 1. The van der Waals surface area contributed by atoms with E-state index in [-0.39, 0.29) is 18.7 Å². The summed E-state index contributed by atoms with van der Waals surface area (Å²) in [6.07, 6.45) is 3.70. The lowest BCUT2D eigenvalue weighted by Gasteiger charge is -2.28. The molecule has 2 aliphatic heterocycles. The molecule has 142 valence electrons. The van der Waals surface area contributed by atoms with Crippen LogP contribution in [0.5, 0.6) is 11.5 Å². The molecule has 5 heteroatoms. The van der Waals surface area contributed by atoms with Gasteiger partial charge in [-0.15, -0.1) is 0 Å². The Morgan fingerprint density at radius 3 is 2.63 bits per heavy atom. The first-order valence-corrected chi connectivity index (χ1v) is 9.74. The van der Waals surface area contributed by atoms with Gasteiger partial charge in [-0.05, 0) is 55.6 Å². The van der Waals surface area contributed by atoms with Crippen molar-refractivity contribution < 1.29 is 14.3 Å². The predicted molar refractivity (Wildman–Crippen MR) is 104 cm³/mol. The van der Waals surface area contributed by atoms with E-state index in [1.807, 2.05) is 24.3 Å². The number of hydrogen-bond donors (Lipinski definition) is 1. The average molecular weight is 366 g/mol. The van der Waals surface area contributed by atoms with Crippen molar-refractivity contribution in [2.75, 3.05) is 26.4 Å². The number of amides is 1. The molecule has 4 rings (SSSR count). The second kappa shape index (κ2) is 8.44. The highest BCUT2D eigenvalue weighted by Gasteiger charge is 2.26. The van der Waals surface area contributed by atoms with Gasteiger partial charge in [0, 0.05) is 13.0 Å². The van der Waals surface area contributed by atoms with E-state index in [2.05, 4.69) is 34.5 Å². The van der Waals surface area contributed by atoms with Gasteiger partial charge in [0.1, 0.15) is 0 Å². The molecule has 1 unspecified atom stereocenters. The van der Waals surface area contributed by atoms with Gasteiger partial charge in [-0.3, -0.25) is 9.69 Å². The number of benzene rings is 2. The maximum Gasteiger partial charge on any atom is 0.231 e. The topological polar surface area (TPSA) is 50.8 Å². The number of hydrogen-bond acceptors (Lipinski definition) is 4. The standard InChI is InChI=1S/C22H26N2O3/c25-22(11-8-17-6-2-1-3-7-17)23-15-19(24-12-4-5-13-24)18-9-10-20-21(14-18)27-16-26-20/h1-3,6-7,9-10,14,19H,4-5,8,11-13,15-16H2,(H,23,25). The Kier molecular flexibility index (Phi) is 5.58. The number of nitrogens with zero attached hydrogens (tertiary/aromatic N) is 1. The summed E-state index contributed by atoms with van der Waals surface area (Å²) in [6.45, 7) is 3.04. The summed E-state index contributed by atoms with van der Waals surface area (Å²) >= 11 is 0. The molecule has 0 saturated carbocycles. The van der Waals surface area contributed by atoms with Crippen molar-refractivity contribution in [3.05, 3.63) is 59.7 Å². The van der Waals surface area contributed by atoms with Gasteiger partial charge in [0.05, 0.1) is 6.04 Å². The third-order valence-electron chi connectivity index (χ3n) is 5.34. The lowest BCUT2D eigenvalue weighted by molar-refractivity contribution is -0.121. The lowest BCUT2D eigenvalue weighted by atomic mass is 10.0. The summed E-state index contributed by atoms with van der Waals surface area (Å²) < 4.78 is 11.0. The Morgan fingerprint density at radius 2 is 1.81 bits per heavy atom. The van der Waals surface area contributed by atoms with E-state index >= 15 is 0 Å². The van der Waals surface area contributed by atoms with Crippen LogP contribution in [-0.2, 0) is 11.2 Å². The van der Waals surface area contributed by atoms with Crippen LogP contribution in [0.2, 0.25) is 0 Å². The lowest BCUT2D eigenvalue weighted by Crippen LogP contribution is -2.36. The van der Waals surface area contributed by atoms with E-state index in [4.69, 9.17) is 9.47 Å². The quantitative estimate of drug-likeness (QED) is 0.817. The Balaban J connectivity index is 1.38. The maximum absolute atomic E-state index is 12.4. The average Bonchev–Trinajstić information content (AvgIpc) is 3.39. The molecule has 2 heterocycles. The van der Waals surface area contributed by atoms with Gasteiger partial charge in [-0.2, -0.15) is 0 Å². The molecule has 0 bridgehead atoms. The Hall–Kier alpha value is -2.53. The fraction of sp³-hybridized carbons (Fsp3) is 0.409. The summed E-state index contributed by atoms with van der Waals surface area (Å²) in [7, 11) is 0. The third-order valence-corrected chi connectivity index (χ3v) is 5.34. The summed E-state index contributed by atoms with van der Waals surface area (Å²) in [5.74, 6) is 1.70. The SMILES string of the molecule is O=C(CCc1ccccc1)NCC(c1ccc2c(c1)OCO2)N1CCCC1. The Bertz CT molecular complexity index is 772. The normalized spacial score (nSPS) is 17.0. The molecule has 5 nitrogen and oxygen atoms in total. The molecule has 0 aromatic heterocycles. The van der Waals surface area contributed by atoms with E-state index in [0.717, 1.165) is 31.0 Å². The zero-order valence-electron chi connectivity index (χ0n) is 15.5. The summed E-state index contributed by atoms with van der Waals surface area (Å²) in [5.41, 5.74) is 2.36. The van der Waals surface area contributed by atoms with Gasteiger partial charge in [0.25, 0.3) is 0 Å². The van der Waals surface area contributed by atoms with Crippen molar-refractivity contribution in [1.29, 1.82) is 0 Å². The van der Waals surface area contributed by atoms with Crippen molar-refractivity contribution in [2.45, 2.75) is 31.7 Å². The maximum atomic E-state index is 12.4. The Morgan fingerprint density at radius 1 is 1.04 bits per heavy atom. The smallest absolute Gasteiger partial charge is 0.231 e. The van der Waals surface area contributed by atoms with Crippen LogP contribution in [0.25, 0.3) is 0 Å². The van der Waals surface area contributed by atoms with E-state index in [9.17, 15) is 4.79 Å². The van der Waals surface area contributed by atoms with Gasteiger partial charge in [0.15, 0.2) is 11.5 Å². The van der Waals surface area contributed by atoms with Crippen LogP contribution >= 0.6 is 0 Å². The van der Waals surface area contributed by atoms with Gasteiger partial charge in [-0.1, -0.05) is 36.4 Å². The highest BCUT2D eigenvalue weighted by atomic mass is 16.7. The van der Waals surface area contributed by atoms with Crippen LogP contribution in [0.3, 0.4) is 0 Å². The molecule has 2 aliphatic rings. The molecular weight excluding hydrogens is 340 g/mol. The highest BCUT2D eigenvalue weighted by Crippen LogP contribution is 2.36. The van der Waals surface area contributed by atoms with E-state index in [1.165, 1.54) is 24.0 Å². The minimum atomic E-state index is 0.101. The fourth-order valence-electron chi connectivity index (χ4n) is 3.83. The number of rotatable bonds is 7. The van der Waals surface area contributed by atoms with Crippen molar-refractivity contribution in [3.8, 4) is 11.5 Å². The molecule has 1 atom stereocenters. The summed E-state index contributed by atoms with van der Waals surface area (Å²) in [5, 5.41) is 3.14. The van der Waals surface area contributed by atoms with Crippen molar-refractivity contribution in [1.82, 2.24) is 10.2 Å². The molecule has 1 amide bonds. The molecular formula is C22H26N2O3. The number of nitrogens with one attached hydrogen (secondary N) is 1. The Labute approximate surface area is 160 Å². The van der Waals surface area contributed by atoms with E-state index in [0.29, 0.717) is 13.0 Å². The minimum absolute atomic E-state index is 0.101. The van der Waals surface area contributed by atoms with Crippen LogP contribution in [0.4, 0.5) is 0 Å². The molecule has 1 N–H and O–H groups in total. The van der Waals surface area contributed by atoms with Gasteiger partial charge >= 0.3 is 0 Å². The largest absolute Gasteiger partial charge is 0.454 e. The van der Waals surface area contributed by atoms with Crippen LogP contribution in [0.15, 0.2) is 48.5 Å². The van der Waals surface area contributed by atoms with Crippen LogP contribution in [-0.4, -0.2) is 37.2 Å². The van der Waals surface area contributed by atoms with Crippen molar-refractivity contribution in [2.24, 2.45) is 0 Å². The number of carbonyl (C=O) groups excluding carboxylic acids is 1. The molecule has 2 aromatic carbocycles. The second-order valence-corrected chi connectivity index (χ2v) is 7.16. The molecule has 1 saturated heterocycles. The summed E-state index contributed by atoms with van der Waals surface area (Å²) in [6, 6.07) is 16.4. The minimum Gasteiger partial charge on any atom is -0.454 e. The second-order valence-electron chi connectivity index (χ2n) is 7.16. The predicted octanol–water partition coefficient (Wildman–Crippen LogP) is 3.30. The molecule has 0 radical (unpaired) electrons. The van der Waals surface area contributed by atoms with Crippen LogP contribution in [0.1, 0.15) is 36.4 Å². The number of fused-ring (bicyclic) bond motifs is 1. The van der Waals surface area contributed by atoms with E-state index < -0.39 is 0 Å². The summed E-state index contributed by atoms with van der Waals surface area (Å²) in [4.78, 5) is 14.8. The zero-order valence-corrected chi connectivity index (χ0v) is 15.5. The first kappa shape index (κ1) is 17.9. The molecule has 0 aliphatic carbocycles. The fourth-order valence-corrected chi connectivity index (χ4v) is 3.83. The van der Waals surface area contributed by atoms with Crippen LogP contribution < -0.4 is 14.8 Å². The van der Waals surface area contributed by atoms with Gasteiger partial charge in [0.2, 0.25) is 12.7 Å². The monoisotopic (exact) mass is 366 g/mol. The molecule has 1 fully saturated rings. The molecule has 27 heavy (non-hydrogen) atoms. The molecule has 2 aromatic rings. The van der Waals surface area contributed by atoms with E-state index in [1.54, 1.807) is 0 Å². The van der Waals surface area contributed by atoms with Gasteiger partial charge < -0.3 is 14.8 Å². The van der Waals surface area contributed by atoms with Gasteiger partial charge in [-0.25, -0.2) is 0 Å². The van der Waals surface area contributed by atoms with Crippen molar-refractivity contribution in [3.63, 3.8) is 0 Å². The highest BCUT2D eigenvalue weighted by molar-refractivity contribution is 5.76. The first-order chi connectivity index (χ1) is 13.3. The zero-order chi connectivity index (χ0) is 18.5. The first-order valence-electron chi connectivity index (χ1n) is 9.74. The number of ether oxygens (including phenoxy) is 2. The molecule has 0 spiro atoms. The van der Waals surface area contributed by atoms with Crippen LogP contribution in [0, 0.1) is 0 Å². The number of carbonyl (C=O) groups is 1. The van der Waals surface area contributed by atoms with Crippen molar-refractivity contribution >= 4 is 5.91 Å². The third kappa shape index (κ3) is 4.42.